The summed E-state index contributed by atoms with van der Waals surface area (Å²) in [6.45, 7) is 0. The van der Waals surface area contributed by atoms with Crippen molar-refractivity contribution in [1.29, 1.82) is 0 Å². The number of benzene rings is 1. The van der Waals surface area contributed by atoms with Crippen molar-refractivity contribution < 1.29 is 0 Å². The standard InChI is InChI=1S/C12H14Br/c13-12-8-4-7-11(9-12)10-5-2-1-3-6-10/h1-3,5,11-12H,4,7-9H2. The summed E-state index contributed by atoms with van der Waals surface area (Å²) in [6.07, 6.45) is 5.30. The van der Waals surface area contributed by atoms with E-state index < -0.39 is 0 Å². The molecule has 1 aromatic carbocycles. The van der Waals surface area contributed by atoms with Crippen LogP contribution in [0.3, 0.4) is 0 Å². The Morgan fingerprint density at radius 2 is 2.23 bits per heavy atom. The Kier molecular flexibility index (Phi) is 3.05. The molecule has 1 aliphatic carbocycles. The fraction of sp³-hybridized carbons (Fsp3) is 0.500. The molecule has 0 aromatic heterocycles. The Balaban J connectivity index is 2.08. The van der Waals surface area contributed by atoms with Gasteiger partial charge in [0.05, 0.1) is 0 Å². The van der Waals surface area contributed by atoms with Gasteiger partial charge in [-0.1, -0.05) is 46.6 Å². The first-order valence-corrected chi connectivity index (χ1v) is 5.88. The van der Waals surface area contributed by atoms with Gasteiger partial charge in [0, 0.05) is 4.83 Å². The van der Waals surface area contributed by atoms with Gasteiger partial charge in [0.1, 0.15) is 0 Å². The van der Waals surface area contributed by atoms with Crippen molar-refractivity contribution in [3.63, 3.8) is 0 Å². The molecule has 0 N–H and O–H groups in total. The molecule has 1 heteroatoms. The van der Waals surface area contributed by atoms with Gasteiger partial charge in [0.25, 0.3) is 0 Å². The maximum absolute atomic E-state index is 3.71. The molecular weight excluding hydrogens is 224 g/mol. The Labute approximate surface area is 88.5 Å². The number of rotatable bonds is 1. The predicted molar refractivity (Wildman–Crippen MR) is 59.2 cm³/mol. The summed E-state index contributed by atoms with van der Waals surface area (Å²) >= 11 is 3.71. The van der Waals surface area contributed by atoms with E-state index in [1.165, 1.54) is 31.2 Å². The Morgan fingerprint density at radius 1 is 1.31 bits per heavy atom. The van der Waals surface area contributed by atoms with Gasteiger partial charge in [0.15, 0.2) is 0 Å². The molecule has 1 saturated carbocycles. The second-order valence-electron chi connectivity index (χ2n) is 3.78. The van der Waals surface area contributed by atoms with Crippen molar-refractivity contribution in [1.82, 2.24) is 0 Å². The minimum atomic E-state index is 0.722. The molecule has 0 bridgehead atoms. The Bertz CT molecular complexity index is 255. The number of hydrogen-bond donors (Lipinski definition) is 0. The maximum atomic E-state index is 3.71. The van der Waals surface area contributed by atoms with Gasteiger partial charge < -0.3 is 0 Å². The fourth-order valence-electron chi connectivity index (χ4n) is 2.07. The first-order valence-electron chi connectivity index (χ1n) is 4.97. The lowest BCUT2D eigenvalue weighted by Crippen LogP contribution is -2.13. The minimum Gasteiger partial charge on any atom is -0.0890 e. The van der Waals surface area contributed by atoms with Crippen molar-refractivity contribution in [2.45, 2.75) is 36.4 Å². The molecule has 0 spiro atoms. The van der Waals surface area contributed by atoms with E-state index >= 15 is 0 Å². The van der Waals surface area contributed by atoms with Crippen molar-refractivity contribution in [2.24, 2.45) is 0 Å². The lowest BCUT2D eigenvalue weighted by Gasteiger charge is -2.25. The summed E-state index contributed by atoms with van der Waals surface area (Å²) in [4.78, 5) is 0.722. The van der Waals surface area contributed by atoms with Crippen molar-refractivity contribution in [3.05, 3.63) is 35.9 Å². The van der Waals surface area contributed by atoms with E-state index in [1.54, 1.807) is 0 Å². The van der Waals surface area contributed by atoms with E-state index in [4.69, 9.17) is 0 Å². The molecule has 1 radical (unpaired) electrons. The number of hydrogen-bond acceptors (Lipinski definition) is 0. The van der Waals surface area contributed by atoms with Crippen LogP contribution < -0.4 is 0 Å². The topological polar surface area (TPSA) is 0 Å². The lowest BCUT2D eigenvalue weighted by atomic mass is 9.84. The third-order valence-corrected chi connectivity index (χ3v) is 3.61. The van der Waals surface area contributed by atoms with Gasteiger partial charge in [0.2, 0.25) is 0 Å². The predicted octanol–water partition coefficient (Wildman–Crippen LogP) is 3.91. The van der Waals surface area contributed by atoms with E-state index in [0.717, 1.165) is 10.7 Å². The fourth-order valence-corrected chi connectivity index (χ4v) is 2.85. The van der Waals surface area contributed by atoms with Crippen LogP contribution in [0, 0.1) is 6.07 Å². The van der Waals surface area contributed by atoms with Crippen LogP contribution in [0.2, 0.25) is 0 Å². The van der Waals surface area contributed by atoms with Crippen molar-refractivity contribution in [3.8, 4) is 0 Å². The van der Waals surface area contributed by atoms with E-state index in [2.05, 4.69) is 34.1 Å². The molecule has 2 atom stereocenters. The summed E-state index contributed by atoms with van der Waals surface area (Å²) in [5, 5.41) is 0. The smallest absolute Gasteiger partial charge is 0.0151 e. The highest BCUT2D eigenvalue weighted by molar-refractivity contribution is 9.09. The molecule has 0 aliphatic heterocycles. The van der Waals surface area contributed by atoms with Crippen LogP contribution >= 0.6 is 15.9 Å². The molecule has 0 heterocycles. The van der Waals surface area contributed by atoms with Crippen LogP contribution in [0.15, 0.2) is 24.3 Å². The molecule has 0 saturated heterocycles. The zero-order chi connectivity index (χ0) is 9.10. The second-order valence-corrected chi connectivity index (χ2v) is 5.07. The first-order chi connectivity index (χ1) is 6.36. The molecule has 0 nitrogen and oxygen atoms in total. The third kappa shape index (κ3) is 2.34. The van der Waals surface area contributed by atoms with Crippen molar-refractivity contribution >= 4 is 15.9 Å². The SMILES string of the molecule is BrC1CCCC(c2[c]cccc2)C1. The third-order valence-electron chi connectivity index (χ3n) is 2.78. The number of alkyl halides is 1. The quantitative estimate of drug-likeness (QED) is 0.651. The first kappa shape index (κ1) is 9.26. The van der Waals surface area contributed by atoms with Crippen LogP contribution in [0.4, 0.5) is 0 Å². The molecule has 2 unspecified atom stereocenters. The van der Waals surface area contributed by atoms with Gasteiger partial charge in [-0.3, -0.25) is 0 Å². The van der Waals surface area contributed by atoms with E-state index in [1.807, 2.05) is 12.1 Å². The molecule has 0 amide bonds. The average Bonchev–Trinajstić information content (AvgIpc) is 2.19. The molecule has 1 fully saturated rings. The van der Waals surface area contributed by atoms with Gasteiger partial charge in [-0.15, -0.1) is 0 Å². The normalized spacial score (nSPS) is 28.7. The van der Waals surface area contributed by atoms with Gasteiger partial charge >= 0.3 is 0 Å². The lowest BCUT2D eigenvalue weighted by molar-refractivity contribution is 0.458. The summed E-state index contributed by atoms with van der Waals surface area (Å²) in [6, 6.07) is 11.7. The van der Waals surface area contributed by atoms with Gasteiger partial charge in [-0.05, 0) is 36.8 Å². The highest BCUT2D eigenvalue weighted by atomic mass is 79.9. The Morgan fingerprint density at radius 3 is 2.92 bits per heavy atom. The average molecular weight is 238 g/mol. The van der Waals surface area contributed by atoms with Crippen LogP contribution in [0.1, 0.15) is 37.2 Å². The number of halogens is 1. The molecule has 1 aromatic rings. The van der Waals surface area contributed by atoms with Crippen LogP contribution in [-0.2, 0) is 0 Å². The largest absolute Gasteiger partial charge is 0.0890 e. The summed E-state index contributed by atoms with van der Waals surface area (Å²) < 4.78 is 0. The van der Waals surface area contributed by atoms with Gasteiger partial charge in [-0.25, -0.2) is 0 Å². The summed E-state index contributed by atoms with van der Waals surface area (Å²) in [5.41, 5.74) is 1.40. The van der Waals surface area contributed by atoms with Crippen LogP contribution in [-0.4, -0.2) is 4.83 Å². The molecule has 1 aliphatic rings. The molecule has 2 rings (SSSR count). The monoisotopic (exact) mass is 237 g/mol. The van der Waals surface area contributed by atoms with Crippen LogP contribution in [0.25, 0.3) is 0 Å². The zero-order valence-electron chi connectivity index (χ0n) is 7.67. The molecular formula is C12H14Br. The zero-order valence-corrected chi connectivity index (χ0v) is 9.26. The molecule has 13 heavy (non-hydrogen) atoms. The van der Waals surface area contributed by atoms with E-state index in [9.17, 15) is 0 Å². The molecule has 69 valence electrons. The highest BCUT2D eigenvalue weighted by Crippen LogP contribution is 2.35. The van der Waals surface area contributed by atoms with E-state index in [0.29, 0.717) is 0 Å². The van der Waals surface area contributed by atoms with Crippen molar-refractivity contribution in [2.75, 3.05) is 0 Å². The van der Waals surface area contributed by atoms with Crippen LogP contribution in [0.5, 0.6) is 0 Å². The maximum Gasteiger partial charge on any atom is 0.0151 e. The summed E-state index contributed by atoms with van der Waals surface area (Å²) in [7, 11) is 0. The Hall–Kier alpha value is -0.300. The van der Waals surface area contributed by atoms with Gasteiger partial charge in [-0.2, -0.15) is 0 Å². The minimum absolute atomic E-state index is 0.722. The summed E-state index contributed by atoms with van der Waals surface area (Å²) in [5.74, 6) is 0.735. The second kappa shape index (κ2) is 4.28. The van der Waals surface area contributed by atoms with E-state index in [-0.39, 0.29) is 0 Å². The highest BCUT2D eigenvalue weighted by Gasteiger charge is 2.20.